The van der Waals surface area contributed by atoms with E-state index in [0.29, 0.717) is 27.0 Å². The molecule has 21 heavy (non-hydrogen) atoms. The highest BCUT2D eigenvalue weighted by Crippen LogP contribution is 2.27. The number of nitriles is 1. The van der Waals surface area contributed by atoms with Crippen molar-refractivity contribution in [2.75, 3.05) is 10.5 Å². The second kappa shape index (κ2) is 5.76. The van der Waals surface area contributed by atoms with Crippen LogP contribution in [0.25, 0.3) is 0 Å². The molecule has 0 heterocycles. The Labute approximate surface area is 131 Å². The summed E-state index contributed by atoms with van der Waals surface area (Å²) in [6, 6.07) is 11.3. The fraction of sp³-hybridized carbons (Fsp3) is 0.0714. The molecule has 0 amide bonds. The number of nitrogens with one attached hydrogen (secondary N) is 1. The molecule has 0 atom stereocenters. The van der Waals surface area contributed by atoms with E-state index >= 15 is 0 Å². The molecule has 0 aliphatic rings. The van der Waals surface area contributed by atoms with Crippen LogP contribution in [0.1, 0.15) is 11.1 Å². The highest BCUT2D eigenvalue weighted by atomic mass is 79.9. The van der Waals surface area contributed by atoms with Crippen LogP contribution in [0.2, 0.25) is 0 Å². The van der Waals surface area contributed by atoms with Gasteiger partial charge in [0.25, 0.3) is 10.0 Å². The minimum Gasteiger partial charge on any atom is -0.399 e. The normalized spacial score (nSPS) is 10.9. The van der Waals surface area contributed by atoms with Crippen molar-refractivity contribution in [2.24, 2.45) is 0 Å². The largest absolute Gasteiger partial charge is 0.399 e. The van der Waals surface area contributed by atoms with E-state index < -0.39 is 10.0 Å². The van der Waals surface area contributed by atoms with E-state index in [4.69, 9.17) is 11.0 Å². The summed E-state index contributed by atoms with van der Waals surface area (Å²) in [5, 5.41) is 8.81. The van der Waals surface area contributed by atoms with Crippen LogP contribution in [0.4, 0.5) is 11.4 Å². The quantitative estimate of drug-likeness (QED) is 0.817. The molecule has 0 unspecified atom stereocenters. The second-order valence-corrected chi connectivity index (χ2v) is 6.94. The Hall–Kier alpha value is -2.04. The van der Waals surface area contributed by atoms with E-state index in [9.17, 15) is 8.42 Å². The Bertz CT molecular complexity index is 842. The lowest BCUT2D eigenvalue weighted by molar-refractivity contribution is 0.600. The van der Waals surface area contributed by atoms with Gasteiger partial charge >= 0.3 is 0 Å². The highest BCUT2D eigenvalue weighted by molar-refractivity contribution is 9.10. The number of hydrogen-bond donors (Lipinski definition) is 2. The summed E-state index contributed by atoms with van der Waals surface area (Å²) in [6.45, 7) is 1.70. The van der Waals surface area contributed by atoms with Crippen molar-refractivity contribution in [3.8, 4) is 6.07 Å². The summed E-state index contributed by atoms with van der Waals surface area (Å²) in [7, 11) is -3.75. The molecule has 0 fully saturated rings. The van der Waals surface area contributed by atoms with Crippen LogP contribution in [-0.2, 0) is 10.0 Å². The van der Waals surface area contributed by atoms with E-state index in [2.05, 4.69) is 20.7 Å². The lowest BCUT2D eigenvalue weighted by atomic mass is 10.2. The molecule has 0 aromatic heterocycles. The molecule has 2 aromatic rings. The summed E-state index contributed by atoms with van der Waals surface area (Å²) in [5.41, 5.74) is 7.41. The van der Waals surface area contributed by atoms with Crippen LogP contribution in [0.15, 0.2) is 45.8 Å². The SMILES string of the molecule is Cc1ccc(N)cc1S(=O)(=O)Nc1ccc(C#N)cc1Br. The van der Waals surface area contributed by atoms with E-state index in [0.717, 1.165) is 0 Å². The lowest BCUT2D eigenvalue weighted by Crippen LogP contribution is -2.15. The molecule has 0 radical (unpaired) electrons. The van der Waals surface area contributed by atoms with Gasteiger partial charge in [-0.15, -0.1) is 0 Å². The average molecular weight is 366 g/mol. The number of aryl methyl sites for hydroxylation is 1. The monoisotopic (exact) mass is 365 g/mol. The van der Waals surface area contributed by atoms with Crippen molar-refractivity contribution in [2.45, 2.75) is 11.8 Å². The van der Waals surface area contributed by atoms with Gasteiger partial charge in [-0.25, -0.2) is 8.42 Å². The molecule has 0 saturated carbocycles. The first-order valence-electron chi connectivity index (χ1n) is 5.92. The number of sulfonamides is 1. The first kappa shape index (κ1) is 15.4. The molecule has 0 bridgehead atoms. The molecule has 0 aliphatic heterocycles. The van der Waals surface area contributed by atoms with E-state index in [-0.39, 0.29) is 4.90 Å². The van der Waals surface area contributed by atoms with Gasteiger partial charge in [0.15, 0.2) is 0 Å². The summed E-state index contributed by atoms with van der Waals surface area (Å²) < 4.78 is 27.8. The predicted molar refractivity (Wildman–Crippen MR) is 85.3 cm³/mol. The maximum absolute atomic E-state index is 12.4. The van der Waals surface area contributed by atoms with Crippen molar-refractivity contribution in [1.82, 2.24) is 0 Å². The molecule has 2 aromatic carbocycles. The highest BCUT2D eigenvalue weighted by Gasteiger charge is 2.18. The fourth-order valence-corrected chi connectivity index (χ4v) is 3.74. The standard InChI is InChI=1S/C14H12BrN3O2S/c1-9-2-4-11(17)7-14(9)21(19,20)18-13-5-3-10(8-16)6-12(13)15/h2-7,18H,17H2,1H3. The zero-order valence-electron chi connectivity index (χ0n) is 11.1. The van der Waals surface area contributed by atoms with Crippen LogP contribution < -0.4 is 10.5 Å². The maximum atomic E-state index is 12.4. The van der Waals surface area contributed by atoms with Gasteiger partial charge in [-0.05, 0) is 58.7 Å². The van der Waals surface area contributed by atoms with Gasteiger partial charge in [-0.2, -0.15) is 5.26 Å². The van der Waals surface area contributed by atoms with Crippen LogP contribution >= 0.6 is 15.9 Å². The number of rotatable bonds is 3. The van der Waals surface area contributed by atoms with E-state index in [1.165, 1.54) is 18.2 Å². The predicted octanol–water partition coefficient (Wildman–Crippen LogP) is 3.01. The van der Waals surface area contributed by atoms with Crippen LogP contribution in [0, 0.1) is 18.3 Å². The first-order valence-corrected chi connectivity index (χ1v) is 8.20. The molecule has 0 spiro atoms. The van der Waals surface area contributed by atoms with Crippen LogP contribution in [-0.4, -0.2) is 8.42 Å². The summed E-state index contributed by atoms with van der Waals surface area (Å²) in [6.07, 6.45) is 0. The third-order valence-electron chi connectivity index (χ3n) is 2.84. The van der Waals surface area contributed by atoms with Gasteiger partial charge in [0.05, 0.1) is 22.2 Å². The van der Waals surface area contributed by atoms with Crippen LogP contribution in [0.5, 0.6) is 0 Å². The molecular weight excluding hydrogens is 354 g/mol. The number of anilines is 2. The second-order valence-electron chi connectivity index (χ2n) is 4.44. The number of hydrogen-bond acceptors (Lipinski definition) is 4. The Balaban J connectivity index is 2.43. The lowest BCUT2D eigenvalue weighted by Gasteiger charge is -2.12. The van der Waals surface area contributed by atoms with E-state index in [1.807, 2.05) is 6.07 Å². The summed E-state index contributed by atoms with van der Waals surface area (Å²) in [4.78, 5) is 0.124. The molecule has 5 nitrogen and oxygen atoms in total. The average Bonchev–Trinajstić information content (AvgIpc) is 2.43. The Kier molecular flexibility index (Phi) is 4.21. The van der Waals surface area contributed by atoms with Gasteiger partial charge in [0.1, 0.15) is 0 Å². The minimum absolute atomic E-state index is 0.124. The summed E-state index contributed by atoms with van der Waals surface area (Å²) >= 11 is 3.24. The third-order valence-corrected chi connectivity index (χ3v) is 5.01. The fourth-order valence-electron chi connectivity index (χ4n) is 1.77. The van der Waals surface area contributed by atoms with Crippen molar-refractivity contribution < 1.29 is 8.42 Å². The number of halogens is 1. The first-order chi connectivity index (χ1) is 9.83. The van der Waals surface area contributed by atoms with Gasteiger partial charge in [0.2, 0.25) is 0 Å². The molecule has 3 N–H and O–H groups in total. The van der Waals surface area contributed by atoms with Gasteiger partial charge in [-0.3, -0.25) is 4.72 Å². The van der Waals surface area contributed by atoms with Crippen molar-refractivity contribution in [3.05, 3.63) is 52.0 Å². The number of nitrogen functional groups attached to an aromatic ring is 1. The number of nitrogens with two attached hydrogens (primary N) is 1. The molecule has 0 aliphatic carbocycles. The van der Waals surface area contributed by atoms with Crippen molar-refractivity contribution in [1.29, 1.82) is 5.26 Å². The van der Waals surface area contributed by atoms with Gasteiger partial charge in [0, 0.05) is 10.2 Å². The maximum Gasteiger partial charge on any atom is 0.262 e. The third kappa shape index (κ3) is 3.35. The molecule has 0 saturated heterocycles. The topological polar surface area (TPSA) is 96.0 Å². The van der Waals surface area contributed by atoms with Gasteiger partial charge in [-0.1, -0.05) is 6.07 Å². The molecular formula is C14H12BrN3O2S. The molecule has 2 rings (SSSR count). The summed E-state index contributed by atoms with van der Waals surface area (Å²) in [5.74, 6) is 0. The Morgan fingerprint density at radius 3 is 2.57 bits per heavy atom. The molecule has 108 valence electrons. The zero-order valence-corrected chi connectivity index (χ0v) is 13.5. The number of nitrogens with zero attached hydrogens (tertiary/aromatic N) is 1. The molecule has 7 heteroatoms. The van der Waals surface area contributed by atoms with Crippen molar-refractivity contribution in [3.63, 3.8) is 0 Å². The zero-order chi connectivity index (χ0) is 15.6. The minimum atomic E-state index is -3.75. The Morgan fingerprint density at radius 2 is 1.95 bits per heavy atom. The van der Waals surface area contributed by atoms with Crippen LogP contribution in [0.3, 0.4) is 0 Å². The number of benzene rings is 2. The smallest absolute Gasteiger partial charge is 0.262 e. The van der Waals surface area contributed by atoms with E-state index in [1.54, 1.807) is 25.1 Å². The Morgan fingerprint density at radius 1 is 1.24 bits per heavy atom. The van der Waals surface area contributed by atoms with Crippen molar-refractivity contribution >= 4 is 37.3 Å². The van der Waals surface area contributed by atoms with Gasteiger partial charge < -0.3 is 5.73 Å².